The number of nitrogens with one attached hydrogen (secondary N) is 1. The van der Waals surface area contributed by atoms with E-state index in [1.165, 1.54) is 5.56 Å². The predicted octanol–water partition coefficient (Wildman–Crippen LogP) is 2.55. The molecule has 0 aliphatic carbocycles. The Labute approximate surface area is 169 Å². The fourth-order valence-corrected chi connectivity index (χ4v) is 3.79. The Bertz CT molecular complexity index is 645. The summed E-state index contributed by atoms with van der Waals surface area (Å²) in [7, 11) is 3.55. The molecule has 2 rings (SSSR count). The Balaban J connectivity index is 1.84. The number of carbonyl (C=O) groups is 2. The quantitative estimate of drug-likeness (QED) is 0.815. The Morgan fingerprint density at radius 2 is 1.79 bits per heavy atom. The molecule has 1 fully saturated rings. The molecule has 1 saturated heterocycles. The Hall–Kier alpha value is -2.08. The van der Waals surface area contributed by atoms with Crippen LogP contribution in [0.4, 0.5) is 4.79 Å². The zero-order valence-electron chi connectivity index (χ0n) is 18.1. The van der Waals surface area contributed by atoms with Gasteiger partial charge in [0.15, 0.2) is 0 Å². The first-order valence-corrected chi connectivity index (χ1v) is 10.2. The molecule has 0 aromatic heterocycles. The van der Waals surface area contributed by atoms with Crippen LogP contribution in [0.2, 0.25) is 0 Å². The van der Waals surface area contributed by atoms with Crippen molar-refractivity contribution in [2.24, 2.45) is 0 Å². The molecule has 1 aliphatic rings. The maximum atomic E-state index is 12.7. The molecule has 6 nitrogen and oxygen atoms in total. The third-order valence-electron chi connectivity index (χ3n) is 5.48. The lowest BCUT2D eigenvalue weighted by atomic mass is 9.79. The molecule has 0 spiro atoms. The van der Waals surface area contributed by atoms with Crippen molar-refractivity contribution in [3.63, 3.8) is 0 Å². The second kappa shape index (κ2) is 9.92. The summed E-state index contributed by atoms with van der Waals surface area (Å²) in [6, 6.07) is 10.5. The fourth-order valence-electron chi connectivity index (χ4n) is 3.79. The Kier molecular flexibility index (Phi) is 7.87. The van der Waals surface area contributed by atoms with Crippen molar-refractivity contribution < 1.29 is 9.59 Å². The molecule has 1 atom stereocenters. The number of carbonyl (C=O) groups excluding carboxylic acids is 2. The van der Waals surface area contributed by atoms with E-state index in [4.69, 9.17) is 0 Å². The van der Waals surface area contributed by atoms with Gasteiger partial charge in [0, 0.05) is 46.3 Å². The molecule has 1 aromatic rings. The Morgan fingerprint density at radius 1 is 1.11 bits per heavy atom. The summed E-state index contributed by atoms with van der Waals surface area (Å²) in [6.45, 7) is 9.89. The highest BCUT2D eigenvalue weighted by molar-refractivity contribution is 5.77. The van der Waals surface area contributed by atoms with E-state index in [2.05, 4.69) is 55.3 Å². The first kappa shape index (κ1) is 22.2. The van der Waals surface area contributed by atoms with E-state index < -0.39 is 0 Å². The van der Waals surface area contributed by atoms with E-state index in [1.54, 1.807) is 19.0 Å². The highest BCUT2D eigenvalue weighted by Gasteiger charge is 2.26. The second-order valence-corrected chi connectivity index (χ2v) is 8.71. The van der Waals surface area contributed by atoms with Crippen LogP contribution in [0.3, 0.4) is 0 Å². The summed E-state index contributed by atoms with van der Waals surface area (Å²) < 4.78 is 0. The zero-order chi connectivity index (χ0) is 20.7. The number of amides is 3. The van der Waals surface area contributed by atoms with Gasteiger partial charge in [0.2, 0.25) is 5.91 Å². The normalized spacial score (nSPS) is 17.0. The molecule has 0 radical (unpaired) electrons. The van der Waals surface area contributed by atoms with Gasteiger partial charge in [-0.1, -0.05) is 44.2 Å². The van der Waals surface area contributed by atoms with Crippen molar-refractivity contribution in [2.75, 3.05) is 46.8 Å². The lowest BCUT2D eigenvalue weighted by Crippen LogP contribution is -2.47. The number of hydrogen-bond acceptors (Lipinski definition) is 3. The van der Waals surface area contributed by atoms with Gasteiger partial charge in [-0.05, 0) is 30.7 Å². The fraction of sp³-hybridized carbons (Fsp3) is 0.636. The second-order valence-electron chi connectivity index (χ2n) is 8.71. The van der Waals surface area contributed by atoms with Crippen molar-refractivity contribution in [3.05, 3.63) is 35.9 Å². The summed E-state index contributed by atoms with van der Waals surface area (Å²) >= 11 is 0. The number of likely N-dealkylation sites (N-methyl/N-ethyl adjacent to an activating group) is 1. The molecule has 6 heteroatoms. The van der Waals surface area contributed by atoms with Crippen LogP contribution >= 0.6 is 0 Å². The molecule has 28 heavy (non-hydrogen) atoms. The molecule has 1 aliphatic heterocycles. The molecular formula is C22H36N4O2. The molecule has 1 heterocycles. The summed E-state index contributed by atoms with van der Waals surface area (Å²) in [6.07, 6.45) is 1.76. The number of benzene rings is 1. The lowest BCUT2D eigenvalue weighted by Gasteiger charge is -2.31. The summed E-state index contributed by atoms with van der Waals surface area (Å²) in [4.78, 5) is 30.3. The SMILES string of the molecule is C[C@@H](CC(C)(C)c1ccccc1)NC(=O)N1CCCN(CC(=O)N(C)C)CC1. The molecule has 0 bridgehead atoms. The summed E-state index contributed by atoms with van der Waals surface area (Å²) in [5.41, 5.74) is 1.28. The van der Waals surface area contributed by atoms with Crippen molar-refractivity contribution in [1.82, 2.24) is 20.0 Å². The first-order chi connectivity index (χ1) is 13.2. The van der Waals surface area contributed by atoms with Gasteiger partial charge in [-0.25, -0.2) is 4.79 Å². The molecule has 1 N–H and O–H groups in total. The number of nitrogens with zero attached hydrogens (tertiary/aromatic N) is 3. The number of urea groups is 1. The largest absolute Gasteiger partial charge is 0.348 e. The van der Waals surface area contributed by atoms with E-state index in [0.717, 1.165) is 32.5 Å². The highest BCUT2D eigenvalue weighted by atomic mass is 16.2. The van der Waals surface area contributed by atoms with Gasteiger partial charge in [-0.3, -0.25) is 9.69 Å². The molecular weight excluding hydrogens is 352 g/mol. The number of hydrogen-bond donors (Lipinski definition) is 1. The van der Waals surface area contributed by atoms with E-state index in [1.807, 2.05) is 11.0 Å². The van der Waals surface area contributed by atoms with Crippen molar-refractivity contribution in [1.29, 1.82) is 0 Å². The smallest absolute Gasteiger partial charge is 0.317 e. The molecule has 1 aromatic carbocycles. The van der Waals surface area contributed by atoms with Gasteiger partial charge in [-0.2, -0.15) is 0 Å². The monoisotopic (exact) mass is 388 g/mol. The average molecular weight is 389 g/mol. The highest BCUT2D eigenvalue weighted by Crippen LogP contribution is 2.28. The molecule has 3 amide bonds. The van der Waals surface area contributed by atoms with Gasteiger partial charge in [-0.15, -0.1) is 0 Å². The molecule has 156 valence electrons. The standard InChI is InChI=1S/C22H36N4O2/c1-18(16-22(2,3)19-10-7-6-8-11-19)23-21(28)26-13-9-12-25(14-15-26)17-20(27)24(4)5/h6-8,10-11,18H,9,12-17H2,1-5H3,(H,23,28)/t18-/m0/s1. The van der Waals surface area contributed by atoms with Gasteiger partial charge in [0.05, 0.1) is 6.54 Å². The third-order valence-corrected chi connectivity index (χ3v) is 5.48. The van der Waals surface area contributed by atoms with Crippen LogP contribution in [-0.2, 0) is 10.2 Å². The minimum atomic E-state index is -0.00389. The van der Waals surface area contributed by atoms with Crippen LogP contribution in [0.5, 0.6) is 0 Å². The van der Waals surface area contributed by atoms with E-state index >= 15 is 0 Å². The zero-order valence-corrected chi connectivity index (χ0v) is 18.1. The van der Waals surface area contributed by atoms with Crippen molar-refractivity contribution in [3.8, 4) is 0 Å². The van der Waals surface area contributed by atoms with E-state index in [-0.39, 0.29) is 23.4 Å². The summed E-state index contributed by atoms with van der Waals surface area (Å²) in [5, 5.41) is 3.17. The topological polar surface area (TPSA) is 55.9 Å². The van der Waals surface area contributed by atoms with E-state index in [0.29, 0.717) is 13.1 Å². The van der Waals surface area contributed by atoms with E-state index in [9.17, 15) is 9.59 Å². The van der Waals surface area contributed by atoms with Crippen LogP contribution in [0.1, 0.15) is 39.2 Å². The van der Waals surface area contributed by atoms with Crippen molar-refractivity contribution >= 4 is 11.9 Å². The van der Waals surface area contributed by atoms with Gasteiger partial charge in [0.1, 0.15) is 0 Å². The number of rotatable bonds is 6. The summed E-state index contributed by atoms with van der Waals surface area (Å²) in [5.74, 6) is 0.106. The van der Waals surface area contributed by atoms with Crippen LogP contribution < -0.4 is 5.32 Å². The first-order valence-electron chi connectivity index (χ1n) is 10.2. The third kappa shape index (κ3) is 6.51. The predicted molar refractivity (Wildman–Crippen MR) is 113 cm³/mol. The minimum Gasteiger partial charge on any atom is -0.348 e. The maximum absolute atomic E-state index is 12.7. The minimum absolute atomic E-state index is 0.00264. The Morgan fingerprint density at radius 3 is 2.43 bits per heavy atom. The lowest BCUT2D eigenvalue weighted by molar-refractivity contribution is -0.129. The average Bonchev–Trinajstić information content (AvgIpc) is 2.87. The van der Waals surface area contributed by atoms with Crippen LogP contribution in [0, 0.1) is 0 Å². The van der Waals surface area contributed by atoms with Gasteiger partial charge >= 0.3 is 6.03 Å². The maximum Gasteiger partial charge on any atom is 0.317 e. The molecule has 0 unspecified atom stereocenters. The molecule has 0 saturated carbocycles. The van der Waals surface area contributed by atoms with Gasteiger partial charge < -0.3 is 15.1 Å². The van der Waals surface area contributed by atoms with Crippen LogP contribution in [0.25, 0.3) is 0 Å². The van der Waals surface area contributed by atoms with Crippen LogP contribution in [0.15, 0.2) is 30.3 Å². The van der Waals surface area contributed by atoms with Crippen molar-refractivity contribution in [2.45, 2.75) is 45.1 Å². The van der Waals surface area contributed by atoms with Crippen LogP contribution in [-0.4, -0.2) is 79.5 Å². The van der Waals surface area contributed by atoms with Gasteiger partial charge in [0.25, 0.3) is 0 Å².